The van der Waals surface area contributed by atoms with Gasteiger partial charge >= 0.3 is 6.03 Å². The Morgan fingerprint density at radius 3 is 2.50 bits per heavy atom. The van der Waals surface area contributed by atoms with Crippen molar-refractivity contribution < 1.29 is 19.1 Å². The van der Waals surface area contributed by atoms with Crippen LogP contribution in [0.15, 0.2) is 41.5 Å². The van der Waals surface area contributed by atoms with Crippen LogP contribution in [0.25, 0.3) is 0 Å². The zero-order valence-electron chi connectivity index (χ0n) is 14.1. The van der Waals surface area contributed by atoms with Crippen molar-refractivity contribution in [3.05, 3.63) is 63.4 Å². The Morgan fingerprint density at radius 1 is 1.21 bits per heavy atom. The van der Waals surface area contributed by atoms with Crippen molar-refractivity contribution in [2.45, 2.75) is 12.0 Å². The van der Waals surface area contributed by atoms with E-state index in [2.05, 4.69) is 15.8 Å². The molecule has 0 aromatic heterocycles. The third-order valence-electron chi connectivity index (χ3n) is 4.16. The molecule has 3 rings (SSSR count). The highest BCUT2D eigenvalue weighted by Crippen LogP contribution is 2.46. The van der Waals surface area contributed by atoms with E-state index in [4.69, 9.17) is 29.0 Å². The number of aliphatic hydroxyl groups is 1. The standard InChI is InChI=1S/C17H14Cl2FN5O3/c18-10-5-6-11(19)14-13(10)17(28,15(26)22-14)7-12(24-25-16(27)23-21)8-1-3-9(20)4-2-8/h1-6,28H,7,21H2,(H,22,26)(H2,23,25,27). The fourth-order valence-electron chi connectivity index (χ4n) is 2.82. The summed E-state index contributed by atoms with van der Waals surface area (Å²) < 4.78 is 13.3. The van der Waals surface area contributed by atoms with Crippen molar-refractivity contribution in [3.8, 4) is 0 Å². The molecule has 1 aliphatic heterocycles. The second-order valence-corrected chi connectivity index (χ2v) is 6.74. The summed E-state index contributed by atoms with van der Waals surface area (Å²) >= 11 is 12.3. The van der Waals surface area contributed by atoms with Crippen molar-refractivity contribution in [1.29, 1.82) is 0 Å². The largest absolute Gasteiger partial charge is 0.375 e. The summed E-state index contributed by atoms with van der Waals surface area (Å²) in [6.07, 6.45) is -0.387. The van der Waals surface area contributed by atoms with Gasteiger partial charge in [-0.3, -0.25) is 10.2 Å². The van der Waals surface area contributed by atoms with E-state index < -0.39 is 23.4 Å². The van der Waals surface area contributed by atoms with Crippen LogP contribution >= 0.6 is 23.2 Å². The van der Waals surface area contributed by atoms with E-state index in [1.54, 1.807) is 0 Å². The van der Waals surface area contributed by atoms with E-state index >= 15 is 0 Å². The van der Waals surface area contributed by atoms with E-state index in [1.807, 2.05) is 5.43 Å². The number of fused-ring (bicyclic) bond motifs is 1. The highest BCUT2D eigenvalue weighted by Gasteiger charge is 2.48. The van der Waals surface area contributed by atoms with Gasteiger partial charge in [-0.2, -0.15) is 5.10 Å². The number of nitrogens with two attached hydrogens (primary N) is 1. The SMILES string of the molecule is NNC(=O)NN=C(CC1(O)C(=O)Nc2c(Cl)ccc(Cl)c21)c1ccc(F)cc1. The lowest BCUT2D eigenvalue weighted by Gasteiger charge is -2.23. The summed E-state index contributed by atoms with van der Waals surface area (Å²) in [6, 6.07) is 7.21. The number of carbonyl (C=O) groups is 2. The number of urea groups is 1. The first-order valence-corrected chi connectivity index (χ1v) is 8.63. The lowest BCUT2D eigenvalue weighted by Crippen LogP contribution is -2.40. The fourth-order valence-corrected chi connectivity index (χ4v) is 3.34. The predicted molar refractivity (Wildman–Crippen MR) is 102 cm³/mol. The van der Waals surface area contributed by atoms with E-state index in [0.29, 0.717) is 5.56 Å². The molecule has 0 radical (unpaired) electrons. The number of nitrogens with zero attached hydrogens (tertiary/aromatic N) is 1. The van der Waals surface area contributed by atoms with Crippen molar-refractivity contribution in [2.75, 3.05) is 5.32 Å². The number of rotatable bonds is 4. The minimum absolute atomic E-state index is 0.0742. The monoisotopic (exact) mass is 425 g/mol. The molecule has 0 saturated carbocycles. The van der Waals surface area contributed by atoms with Crippen LogP contribution in [0.3, 0.4) is 0 Å². The number of anilines is 1. The van der Waals surface area contributed by atoms with Crippen LogP contribution in [0.5, 0.6) is 0 Å². The van der Waals surface area contributed by atoms with Crippen molar-refractivity contribution >= 4 is 46.5 Å². The lowest BCUT2D eigenvalue weighted by molar-refractivity contribution is -0.132. The van der Waals surface area contributed by atoms with Crippen LogP contribution in [0.4, 0.5) is 14.9 Å². The Hall–Kier alpha value is -2.72. The molecule has 0 spiro atoms. The molecule has 8 nitrogen and oxygen atoms in total. The molecule has 1 heterocycles. The molecule has 6 N–H and O–H groups in total. The van der Waals surface area contributed by atoms with Gasteiger partial charge in [0, 0.05) is 17.0 Å². The smallest absolute Gasteiger partial charge is 0.349 e. The summed E-state index contributed by atoms with van der Waals surface area (Å²) in [6.45, 7) is 0. The van der Waals surface area contributed by atoms with Gasteiger partial charge in [0.15, 0.2) is 5.60 Å². The second kappa shape index (κ2) is 7.72. The maximum Gasteiger partial charge on any atom is 0.349 e. The van der Waals surface area contributed by atoms with E-state index in [-0.39, 0.29) is 33.4 Å². The summed E-state index contributed by atoms with van der Waals surface area (Å²) in [5, 5.41) is 17.9. The first kappa shape index (κ1) is 20.0. The van der Waals surface area contributed by atoms with Crippen LogP contribution < -0.4 is 22.0 Å². The molecule has 0 fully saturated rings. The van der Waals surface area contributed by atoms with Gasteiger partial charge in [0.1, 0.15) is 5.82 Å². The summed E-state index contributed by atoms with van der Waals surface area (Å²) in [5.41, 5.74) is 2.53. The average Bonchev–Trinajstić information content (AvgIpc) is 2.94. The predicted octanol–water partition coefficient (Wildman–Crippen LogP) is 2.24. The Kier molecular flexibility index (Phi) is 5.52. The van der Waals surface area contributed by atoms with Gasteiger partial charge in [-0.05, 0) is 29.8 Å². The topological polar surface area (TPSA) is 129 Å². The van der Waals surface area contributed by atoms with Gasteiger partial charge in [0.05, 0.1) is 16.4 Å². The second-order valence-electron chi connectivity index (χ2n) is 5.92. The third-order valence-corrected chi connectivity index (χ3v) is 4.79. The molecular weight excluding hydrogens is 412 g/mol. The Bertz CT molecular complexity index is 984. The number of hydrazone groups is 1. The molecule has 1 unspecified atom stereocenters. The van der Waals surface area contributed by atoms with Crippen LogP contribution in [0.1, 0.15) is 17.5 Å². The highest BCUT2D eigenvalue weighted by atomic mass is 35.5. The number of hydrogen-bond acceptors (Lipinski definition) is 5. The number of benzene rings is 2. The quantitative estimate of drug-likeness (QED) is 0.222. The Morgan fingerprint density at radius 2 is 1.86 bits per heavy atom. The number of hydrogen-bond donors (Lipinski definition) is 5. The van der Waals surface area contributed by atoms with E-state index in [1.165, 1.54) is 36.4 Å². The number of halogens is 3. The number of amides is 3. The van der Waals surface area contributed by atoms with E-state index in [9.17, 15) is 19.1 Å². The molecule has 11 heteroatoms. The van der Waals surface area contributed by atoms with Crippen molar-refractivity contribution in [3.63, 3.8) is 0 Å². The van der Waals surface area contributed by atoms with Gasteiger partial charge in [-0.25, -0.2) is 20.5 Å². The number of nitrogens with one attached hydrogen (secondary N) is 3. The van der Waals surface area contributed by atoms with Gasteiger partial charge < -0.3 is 10.4 Å². The summed E-state index contributed by atoms with van der Waals surface area (Å²) in [7, 11) is 0. The molecular formula is C17H14Cl2FN5O3. The summed E-state index contributed by atoms with van der Waals surface area (Å²) in [5.74, 6) is 3.74. The maximum atomic E-state index is 13.3. The van der Waals surface area contributed by atoms with Crippen LogP contribution in [-0.4, -0.2) is 22.8 Å². The van der Waals surface area contributed by atoms with Gasteiger partial charge in [-0.1, -0.05) is 35.3 Å². The molecule has 146 valence electrons. The van der Waals surface area contributed by atoms with Gasteiger partial charge in [0.25, 0.3) is 5.91 Å². The summed E-state index contributed by atoms with van der Waals surface area (Å²) in [4.78, 5) is 23.9. The molecule has 0 aliphatic carbocycles. The first-order chi connectivity index (χ1) is 13.3. The Balaban J connectivity index is 2.06. The molecule has 2 aromatic rings. The molecule has 0 saturated heterocycles. The van der Waals surface area contributed by atoms with Crippen molar-refractivity contribution in [2.24, 2.45) is 10.9 Å². The van der Waals surface area contributed by atoms with Gasteiger partial charge in [-0.15, -0.1) is 0 Å². The van der Waals surface area contributed by atoms with Crippen LogP contribution in [0, 0.1) is 5.82 Å². The molecule has 1 atom stereocenters. The highest BCUT2D eigenvalue weighted by molar-refractivity contribution is 6.38. The normalized spacial score (nSPS) is 18.5. The van der Waals surface area contributed by atoms with E-state index in [0.717, 1.165) is 0 Å². The van der Waals surface area contributed by atoms with Crippen LogP contribution in [0.2, 0.25) is 10.0 Å². The molecule has 0 bridgehead atoms. The van der Waals surface area contributed by atoms with Crippen LogP contribution in [-0.2, 0) is 10.4 Å². The zero-order valence-corrected chi connectivity index (χ0v) is 15.6. The third kappa shape index (κ3) is 3.65. The maximum absolute atomic E-state index is 13.3. The molecule has 1 aliphatic rings. The molecule has 3 amide bonds. The number of hydrazine groups is 1. The average molecular weight is 426 g/mol. The zero-order chi connectivity index (χ0) is 20.5. The first-order valence-electron chi connectivity index (χ1n) is 7.87. The molecule has 2 aromatic carbocycles. The minimum Gasteiger partial charge on any atom is -0.375 e. The lowest BCUT2D eigenvalue weighted by atomic mass is 9.87. The molecule has 28 heavy (non-hydrogen) atoms. The fraction of sp³-hybridized carbons (Fsp3) is 0.118. The van der Waals surface area contributed by atoms with Crippen molar-refractivity contribution in [1.82, 2.24) is 10.9 Å². The minimum atomic E-state index is -2.12. The Labute approximate surface area is 168 Å². The number of carbonyl (C=O) groups excluding carboxylic acids is 2. The van der Waals surface area contributed by atoms with Gasteiger partial charge in [0.2, 0.25) is 0 Å².